The van der Waals surface area contributed by atoms with E-state index in [0.717, 1.165) is 17.3 Å². The lowest BCUT2D eigenvalue weighted by molar-refractivity contribution is 0.0696. The summed E-state index contributed by atoms with van der Waals surface area (Å²) in [6.07, 6.45) is 0. The second-order valence-electron chi connectivity index (χ2n) is 4.80. The van der Waals surface area contributed by atoms with Gasteiger partial charge in [-0.1, -0.05) is 18.2 Å². The Morgan fingerprint density at radius 1 is 1.25 bits per heavy atom. The first-order valence-electron chi connectivity index (χ1n) is 6.27. The quantitative estimate of drug-likeness (QED) is 0.927. The molecule has 0 amide bonds. The van der Waals surface area contributed by atoms with Crippen molar-refractivity contribution < 1.29 is 14.3 Å². The Labute approximate surface area is 117 Å². The lowest BCUT2D eigenvalue weighted by Crippen LogP contribution is -2.17. The summed E-state index contributed by atoms with van der Waals surface area (Å²) in [5, 5.41) is 8.95. The van der Waals surface area contributed by atoms with Crippen LogP contribution in [0.3, 0.4) is 0 Å². The van der Waals surface area contributed by atoms with Gasteiger partial charge in [-0.2, -0.15) is 0 Å². The molecule has 3 nitrogen and oxygen atoms in total. The first kappa shape index (κ1) is 14.1. The molecule has 20 heavy (non-hydrogen) atoms. The average molecular weight is 273 g/mol. The van der Waals surface area contributed by atoms with Gasteiger partial charge in [-0.15, -0.1) is 0 Å². The molecule has 0 radical (unpaired) electrons. The van der Waals surface area contributed by atoms with Crippen LogP contribution < -0.4 is 4.90 Å². The predicted molar refractivity (Wildman–Crippen MR) is 76.6 cm³/mol. The van der Waals surface area contributed by atoms with Gasteiger partial charge in [0.15, 0.2) is 0 Å². The number of carboxylic acid groups (broad SMARTS) is 1. The summed E-state index contributed by atoms with van der Waals surface area (Å²) < 4.78 is 13.4. The fraction of sp³-hybridized carbons (Fsp3) is 0.188. The first-order valence-corrected chi connectivity index (χ1v) is 6.27. The molecule has 0 heterocycles. The van der Waals surface area contributed by atoms with E-state index >= 15 is 0 Å². The van der Waals surface area contributed by atoms with Crippen molar-refractivity contribution in [1.82, 2.24) is 0 Å². The minimum Gasteiger partial charge on any atom is -0.478 e. The second kappa shape index (κ2) is 5.74. The van der Waals surface area contributed by atoms with Gasteiger partial charge >= 0.3 is 5.97 Å². The van der Waals surface area contributed by atoms with Crippen LogP contribution in [0.4, 0.5) is 10.1 Å². The number of aryl methyl sites for hydroxylation is 1. The zero-order valence-corrected chi connectivity index (χ0v) is 11.4. The van der Waals surface area contributed by atoms with E-state index in [-0.39, 0.29) is 5.56 Å². The number of aromatic carboxylic acids is 1. The van der Waals surface area contributed by atoms with Gasteiger partial charge in [0.05, 0.1) is 5.56 Å². The van der Waals surface area contributed by atoms with Crippen LogP contribution in [0.2, 0.25) is 0 Å². The van der Waals surface area contributed by atoms with Gasteiger partial charge in [0, 0.05) is 19.3 Å². The van der Waals surface area contributed by atoms with E-state index in [1.54, 1.807) is 0 Å². The molecule has 104 valence electrons. The number of carbonyl (C=O) groups is 1. The molecule has 1 N–H and O–H groups in total. The second-order valence-corrected chi connectivity index (χ2v) is 4.80. The summed E-state index contributed by atoms with van der Waals surface area (Å²) in [6, 6.07) is 11.8. The Kier molecular flexibility index (Phi) is 4.03. The fourth-order valence-electron chi connectivity index (χ4n) is 2.22. The molecule has 0 saturated carbocycles. The molecule has 0 aliphatic carbocycles. The minimum atomic E-state index is -1.12. The molecule has 0 aromatic heterocycles. The molecule has 0 fully saturated rings. The van der Waals surface area contributed by atoms with Crippen LogP contribution in [0.15, 0.2) is 42.5 Å². The van der Waals surface area contributed by atoms with Crippen LogP contribution in [0, 0.1) is 12.7 Å². The molecule has 0 atom stereocenters. The van der Waals surface area contributed by atoms with E-state index in [9.17, 15) is 9.18 Å². The molecule has 4 heteroatoms. The molecular formula is C16H16FNO2. The summed E-state index contributed by atoms with van der Waals surface area (Å²) in [7, 11) is 1.90. The summed E-state index contributed by atoms with van der Waals surface area (Å²) in [5.41, 5.74) is 2.75. The molecule has 0 aliphatic rings. The number of anilines is 1. The topological polar surface area (TPSA) is 40.5 Å². The summed E-state index contributed by atoms with van der Waals surface area (Å²) in [6.45, 7) is 2.45. The van der Waals surface area contributed by atoms with Crippen LogP contribution in [0.1, 0.15) is 21.5 Å². The number of rotatable bonds is 4. The highest BCUT2D eigenvalue weighted by Crippen LogP contribution is 2.20. The van der Waals surface area contributed by atoms with Crippen molar-refractivity contribution in [3.8, 4) is 0 Å². The van der Waals surface area contributed by atoms with Crippen LogP contribution in [-0.2, 0) is 6.54 Å². The predicted octanol–water partition coefficient (Wildman–Crippen LogP) is 3.47. The summed E-state index contributed by atoms with van der Waals surface area (Å²) >= 11 is 0. The number of nitrogens with zero attached hydrogens (tertiary/aromatic N) is 1. The Hall–Kier alpha value is -2.36. The van der Waals surface area contributed by atoms with Crippen molar-refractivity contribution in [3.63, 3.8) is 0 Å². The van der Waals surface area contributed by atoms with E-state index in [1.165, 1.54) is 12.1 Å². The minimum absolute atomic E-state index is 0.0295. The Bertz CT molecular complexity index is 640. The van der Waals surface area contributed by atoms with Crippen LogP contribution >= 0.6 is 0 Å². The van der Waals surface area contributed by atoms with E-state index in [2.05, 4.69) is 0 Å². The fourth-order valence-corrected chi connectivity index (χ4v) is 2.22. The molecule has 0 saturated heterocycles. The maximum Gasteiger partial charge on any atom is 0.335 e. The number of carboxylic acids is 1. The van der Waals surface area contributed by atoms with Gasteiger partial charge < -0.3 is 10.0 Å². The molecular weight excluding hydrogens is 257 g/mol. The average Bonchev–Trinajstić information content (AvgIpc) is 2.38. The Morgan fingerprint density at radius 2 is 1.95 bits per heavy atom. The third-order valence-electron chi connectivity index (χ3n) is 3.15. The number of para-hydroxylation sites is 1. The van der Waals surface area contributed by atoms with Crippen molar-refractivity contribution in [2.75, 3.05) is 11.9 Å². The Morgan fingerprint density at radius 3 is 2.60 bits per heavy atom. The number of hydrogen-bond donors (Lipinski definition) is 1. The SMILES string of the molecule is Cc1ccccc1N(C)Cc1cc(F)cc(C(=O)O)c1. The van der Waals surface area contributed by atoms with Crippen molar-refractivity contribution >= 4 is 11.7 Å². The summed E-state index contributed by atoms with van der Waals surface area (Å²) in [5.74, 6) is -1.65. The third-order valence-corrected chi connectivity index (χ3v) is 3.15. The number of benzene rings is 2. The lowest BCUT2D eigenvalue weighted by Gasteiger charge is -2.21. The van der Waals surface area contributed by atoms with Crippen molar-refractivity contribution in [3.05, 3.63) is 65.0 Å². The number of hydrogen-bond acceptors (Lipinski definition) is 2. The summed E-state index contributed by atoms with van der Waals surface area (Å²) in [4.78, 5) is 12.9. The Balaban J connectivity index is 2.26. The maximum absolute atomic E-state index is 13.4. The first-order chi connectivity index (χ1) is 9.47. The van der Waals surface area contributed by atoms with E-state index < -0.39 is 11.8 Å². The molecule has 0 aliphatic heterocycles. The molecule has 2 aromatic rings. The van der Waals surface area contributed by atoms with Gasteiger partial charge in [-0.25, -0.2) is 9.18 Å². The highest BCUT2D eigenvalue weighted by atomic mass is 19.1. The molecule has 0 unspecified atom stereocenters. The van der Waals surface area contributed by atoms with Crippen LogP contribution in [0.25, 0.3) is 0 Å². The van der Waals surface area contributed by atoms with E-state index in [0.29, 0.717) is 12.1 Å². The molecule has 2 aromatic carbocycles. The van der Waals surface area contributed by atoms with Gasteiger partial charge in [0.2, 0.25) is 0 Å². The smallest absolute Gasteiger partial charge is 0.335 e. The molecule has 0 spiro atoms. The highest BCUT2D eigenvalue weighted by molar-refractivity contribution is 5.87. The highest BCUT2D eigenvalue weighted by Gasteiger charge is 2.10. The van der Waals surface area contributed by atoms with Crippen molar-refractivity contribution in [2.24, 2.45) is 0 Å². The normalized spacial score (nSPS) is 10.3. The number of halogens is 1. The monoisotopic (exact) mass is 273 g/mol. The lowest BCUT2D eigenvalue weighted by atomic mass is 10.1. The standard InChI is InChI=1S/C16H16FNO2/c1-11-5-3-4-6-15(11)18(2)10-12-7-13(16(19)20)9-14(17)8-12/h3-9H,10H2,1-2H3,(H,19,20). The zero-order valence-electron chi connectivity index (χ0n) is 11.4. The molecule has 2 rings (SSSR count). The maximum atomic E-state index is 13.4. The van der Waals surface area contributed by atoms with Crippen molar-refractivity contribution in [1.29, 1.82) is 0 Å². The van der Waals surface area contributed by atoms with E-state index in [1.807, 2.05) is 43.1 Å². The van der Waals surface area contributed by atoms with Gasteiger partial charge in [0.1, 0.15) is 5.82 Å². The van der Waals surface area contributed by atoms with Gasteiger partial charge in [-0.05, 0) is 42.3 Å². The zero-order chi connectivity index (χ0) is 14.7. The van der Waals surface area contributed by atoms with Crippen LogP contribution in [0.5, 0.6) is 0 Å². The van der Waals surface area contributed by atoms with Crippen LogP contribution in [-0.4, -0.2) is 18.1 Å². The van der Waals surface area contributed by atoms with Gasteiger partial charge in [-0.3, -0.25) is 0 Å². The third kappa shape index (κ3) is 3.15. The molecule has 0 bridgehead atoms. The largest absolute Gasteiger partial charge is 0.478 e. The van der Waals surface area contributed by atoms with E-state index in [4.69, 9.17) is 5.11 Å². The van der Waals surface area contributed by atoms with Crippen molar-refractivity contribution in [2.45, 2.75) is 13.5 Å². The van der Waals surface area contributed by atoms with Gasteiger partial charge in [0.25, 0.3) is 0 Å².